The fourth-order valence-corrected chi connectivity index (χ4v) is 5.08. The van der Waals surface area contributed by atoms with E-state index in [0.717, 1.165) is 29.1 Å². The van der Waals surface area contributed by atoms with Gasteiger partial charge in [0.15, 0.2) is 11.5 Å². The molecular weight excluding hydrogens is 673 g/mol. The molecule has 0 radical (unpaired) electrons. The van der Waals surface area contributed by atoms with Crippen LogP contribution in [-0.2, 0) is 12.6 Å². The van der Waals surface area contributed by atoms with Gasteiger partial charge in [0.05, 0.1) is 46.1 Å². The topological polar surface area (TPSA) is 117 Å². The Morgan fingerprint density at radius 2 is 1.71 bits per heavy atom. The molecule has 2 aromatic carbocycles. The van der Waals surface area contributed by atoms with Gasteiger partial charge in [0.2, 0.25) is 0 Å². The molecule has 0 aliphatic heterocycles. The van der Waals surface area contributed by atoms with Crippen LogP contribution in [0.1, 0.15) is 40.0 Å². The number of alkyl halides is 5. The lowest BCUT2D eigenvalue weighted by molar-refractivity contribution is -0.141. The van der Waals surface area contributed by atoms with E-state index in [2.05, 4.69) is 25.5 Å². The molecule has 246 valence electrons. The van der Waals surface area contributed by atoms with Crippen LogP contribution in [0.15, 0.2) is 79.5 Å². The summed E-state index contributed by atoms with van der Waals surface area (Å²) in [4.78, 5) is 15.7. The minimum absolute atomic E-state index is 0.0184. The molecule has 6 aromatic rings. The summed E-state index contributed by atoms with van der Waals surface area (Å²) in [6.07, 6.45) is 1.01. The molecule has 4 heterocycles. The average Bonchev–Trinajstić information content (AvgIpc) is 3.82. The lowest BCUT2D eigenvalue weighted by Crippen LogP contribution is -2.16. The SMILES string of the molecule is O=C(O)c1ccc(-c2cnn(C(Cc3ccn(C(F)F)n3)c3ccc(-c4c(-n5cc(C(F)(F)F)nn5)ccc(Cl)c4F)cn3)c2)cc1F. The van der Waals surface area contributed by atoms with Gasteiger partial charge in [0, 0.05) is 41.7 Å². The van der Waals surface area contributed by atoms with Crippen molar-refractivity contribution in [3.63, 3.8) is 0 Å². The highest BCUT2D eigenvalue weighted by atomic mass is 35.5. The molecule has 48 heavy (non-hydrogen) atoms. The van der Waals surface area contributed by atoms with E-state index < -0.39 is 47.6 Å². The van der Waals surface area contributed by atoms with Gasteiger partial charge < -0.3 is 5.11 Å². The normalized spacial score (nSPS) is 12.5. The first-order valence-electron chi connectivity index (χ1n) is 13.6. The molecule has 0 bridgehead atoms. The van der Waals surface area contributed by atoms with E-state index in [4.69, 9.17) is 16.7 Å². The van der Waals surface area contributed by atoms with E-state index in [9.17, 15) is 31.1 Å². The van der Waals surface area contributed by atoms with Crippen LogP contribution in [0.4, 0.5) is 30.7 Å². The largest absolute Gasteiger partial charge is 0.478 e. The summed E-state index contributed by atoms with van der Waals surface area (Å²) < 4.78 is 98.5. The minimum Gasteiger partial charge on any atom is -0.478 e. The maximum absolute atomic E-state index is 15.4. The predicted molar refractivity (Wildman–Crippen MR) is 154 cm³/mol. The summed E-state index contributed by atoms with van der Waals surface area (Å²) in [6, 6.07) is 9.40. The van der Waals surface area contributed by atoms with Crippen LogP contribution in [0.5, 0.6) is 0 Å². The van der Waals surface area contributed by atoms with Crippen LogP contribution >= 0.6 is 11.6 Å². The molecule has 0 amide bonds. The fourth-order valence-electron chi connectivity index (χ4n) is 4.92. The first-order chi connectivity index (χ1) is 22.8. The van der Waals surface area contributed by atoms with Crippen molar-refractivity contribution in [2.24, 2.45) is 0 Å². The fraction of sp³-hybridized carbons (Fsp3) is 0.133. The summed E-state index contributed by atoms with van der Waals surface area (Å²) in [5.74, 6) is -3.36. The number of carboxylic acid groups (broad SMARTS) is 1. The van der Waals surface area contributed by atoms with E-state index in [-0.39, 0.29) is 39.6 Å². The summed E-state index contributed by atoms with van der Waals surface area (Å²) in [5.41, 5.74) is -0.830. The van der Waals surface area contributed by atoms with Gasteiger partial charge in [-0.05, 0) is 42.0 Å². The third kappa shape index (κ3) is 6.35. The molecule has 10 nitrogen and oxygen atoms in total. The number of benzene rings is 2. The number of carboxylic acids is 1. The number of hydrogen-bond donors (Lipinski definition) is 1. The van der Waals surface area contributed by atoms with Crippen molar-refractivity contribution in [2.75, 3.05) is 0 Å². The second-order valence-corrected chi connectivity index (χ2v) is 10.7. The zero-order chi connectivity index (χ0) is 34.3. The lowest BCUT2D eigenvalue weighted by atomic mass is 10.0. The van der Waals surface area contributed by atoms with Crippen molar-refractivity contribution in [1.29, 1.82) is 0 Å². The second-order valence-electron chi connectivity index (χ2n) is 10.3. The number of nitrogens with zero attached hydrogens (tertiary/aromatic N) is 8. The number of hydrogen-bond acceptors (Lipinski definition) is 6. The van der Waals surface area contributed by atoms with Gasteiger partial charge in [-0.15, -0.1) is 5.10 Å². The summed E-state index contributed by atoms with van der Waals surface area (Å²) in [5, 5.41) is 23.7. The summed E-state index contributed by atoms with van der Waals surface area (Å²) >= 11 is 6.02. The van der Waals surface area contributed by atoms with E-state index in [1.165, 1.54) is 53.6 Å². The van der Waals surface area contributed by atoms with Crippen LogP contribution in [0.3, 0.4) is 0 Å². The van der Waals surface area contributed by atoms with Gasteiger partial charge in [-0.2, -0.15) is 32.1 Å². The third-order valence-corrected chi connectivity index (χ3v) is 7.53. The van der Waals surface area contributed by atoms with Crippen molar-refractivity contribution < 1.29 is 40.6 Å². The Labute approximate surface area is 269 Å². The summed E-state index contributed by atoms with van der Waals surface area (Å²) in [7, 11) is 0. The Kier molecular flexibility index (Phi) is 8.46. The molecule has 1 atom stereocenters. The molecule has 0 fully saturated rings. The Balaban J connectivity index is 1.39. The molecule has 0 aliphatic rings. The Morgan fingerprint density at radius 1 is 0.938 bits per heavy atom. The molecule has 0 spiro atoms. The molecule has 6 rings (SSSR count). The molecule has 0 saturated carbocycles. The number of rotatable bonds is 9. The van der Waals surface area contributed by atoms with Crippen LogP contribution < -0.4 is 0 Å². The van der Waals surface area contributed by atoms with Gasteiger partial charge in [0.1, 0.15) is 5.82 Å². The quantitative estimate of drug-likeness (QED) is 0.159. The van der Waals surface area contributed by atoms with Crippen molar-refractivity contribution in [3.8, 4) is 27.9 Å². The van der Waals surface area contributed by atoms with Gasteiger partial charge >= 0.3 is 18.7 Å². The molecule has 0 aliphatic carbocycles. The van der Waals surface area contributed by atoms with Gasteiger partial charge in [-0.1, -0.05) is 28.9 Å². The smallest absolute Gasteiger partial charge is 0.436 e. The zero-order valence-electron chi connectivity index (χ0n) is 23.8. The second kappa shape index (κ2) is 12.6. The summed E-state index contributed by atoms with van der Waals surface area (Å²) in [6.45, 7) is -2.89. The number of halogens is 8. The monoisotopic (exact) mass is 690 g/mol. The third-order valence-electron chi connectivity index (χ3n) is 7.24. The van der Waals surface area contributed by atoms with Crippen LogP contribution in [0.2, 0.25) is 5.02 Å². The van der Waals surface area contributed by atoms with Gasteiger partial charge in [0.25, 0.3) is 0 Å². The molecule has 18 heteroatoms. The lowest BCUT2D eigenvalue weighted by Gasteiger charge is -2.17. The number of aromatic carboxylic acids is 1. The van der Waals surface area contributed by atoms with Crippen molar-refractivity contribution in [1.82, 2.24) is 39.5 Å². The maximum atomic E-state index is 15.4. The van der Waals surface area contributed by atoms with Gasteiger partial charge in [-0.3, -0.25) is 9.67 Å². The number of carbonyl (C=O) groups is 1. The molecular formula is C30H18ClF7N8O2. The minimum atomic E-state index is -4.80. The number of aromatic nitrogens is 8. The molecule has 4 aromatic heterocycles. The van der Waals surface area contributed by atoms with Crippen molar-refractivity contribution in [2.45, 2.75) is 25.2 Å². The van der Waals surface area contributed by atoms with E-state index in [1.807, 2.05) is 0 Å². The Bertz CT molecular complexity index is 2130. The highest BCUT2D eigenvalue weighted by Crippen LogP contribution is 2.35. The van der Waals surface area contributed by atoms with Crippen molar-refractivity contribution >= 4 is 17.6 Å². The highest BCUT2D eigenvalue weighted by molar-refractivity contribution is 6.31. The van der Waals surface area contributed by atoms with Crippen LogP contribution in [-0.4, -0.2) is 50.6 Å². The first-order valence-corrected chi connectivity index (χ1v) is 14.0. The highest BCUT2D eigenvalue weighted by Gasteiger charge is 2.35. The zero-order valence-corrected chi connectivity index (χ0v) is 24.6. The maximum Gasteiger partial charge on any atom is 0.436 e. The average molecular weight is 691 g/mol. The predicted octanol–water partition coefficient (Wildman–Crippen LogP) is 7.27. The Hall–Kier alpha value is -5.58. The Morgan fingerprint density at radius 3 is 2.33 bits per heavy atom. The first kappa shape index (κ1) is 32.4. The van der Waals surface area contributed by atoms with Crippen LogP contribution in [0, 0.1) is 11.6 Å². The molecule has 1 unspecified atom stereocenters. The van der Waals surface area contributed by atoms with E-state index in [0.29, 0.717) is 22.0 Å². The van der Waals surface area contributed by atoms with Crippen LogP contribution in [0.25, 0.3) is 27.9 Å². The van der Waals surface area contributed by atoms with Gasteiger partial charge in [-0.25, -0.2) is 22.9 Å². The molecule has 1 N–H and O–H groups in total. The number of pyridine rings is 1. The molecule has 0 saturated heterocycles. The standard InChI is InChI=1S/C30H18ClF7N8O2/c31-20-4-6-23(46-14-25(41-43-46)30(36,37)38)26(27(20)33)16-2-5-22(39-11-16)24(10-18-7-8-44(42-18)29(34)35)45-13-17(12-40-45)15-1-3-19(28(47)48)21(32)9-15/h1-9,11-14,24,29H,10H2,(H,47,48). The van der Waals surface area contributed by atoms with Crippen molar-refractivity contribution in [3.05, 3.63) is 119 Å². The van der Waals surface area contributed by atoms with E-state index >= 15 is 4.39 Å². The van der Waals surface area contributed by atoms with E-state index in [1.54, 1.807) is 0 Å².